The van der Waals surface area contributed by atoms with Crippen LogP contribution in [0.25, 0.3) is 22.3 Å². The SMILES string of the molecule is C=C[C@@H]1C[C@]1(NC(=O)[C@@H]1C[C@@H](Oc2cc(-c3csc(NC(=O)CC4CCCC4)n3)nc3c(CC)c(OC)ccc23)CN1C(=O)[C@@H](NC(=O)OC1CCCC1)C(C)(C)C)C(=O)O. The number of methoxy groups -OCH3 is 1. The van der Waals surface area contributed by atoms with Crippen LogP contribution in [0, 0.1) is 17.3 Å². The lowest BCUT2D eigenvalue weighted by molar-refractivity contribution is -0.146. The minimum Gasteiger partial charge on any atom is -0.496 e. The summed E-state index contributed by atoms with van der Waals surface area (Å²) in [5, 5.41) is 21.6. The standard InChI is InChI=1S/C45H58N6O9S/c1-7-26-22-45(26,41(55)56)50-39(53)33-20-28(23-51(33)40(54)38(44(3,4)5)49-43(57)60-27-15-11-12-16-27)59-35-21-31(46-37-29(8-2)34(58-6)18-17-30(35)37)32-24-61-42(47-32)48-36(52)19-25-13-9-10-14-25/h7,17-18,21,24-28,33,38H,1,8-16,19-20,22-23H2,2-6H3,(H,49,57)(H,50,53)(H,55,56)(H,47,48,52)/t26-,28-,33+,38-,45-/m1/s1. The van der Waals surface area contributed by atoms with Gasteiger partial charge in [0.15, 0.2) is 5.13 Å². The molecule has 2 aromatic heterocycles. The van der Waals surface area contributed by atoms with Gasteiger partial charge in [-0.1, -0.05) is 46.6 Å². The van der Waals surface area contributed by atoms with Crippen molar-refractivity contribution in [3.05, 3.63) is 41.8 Å². The first-order valence-corrected chi connectivity index (χ1v) is 22.4. The highest BCUT2D eigenvalue weighted by molar-refractivity contribution is 7.14. The van der Waals surface area contributed by atoms with E-state index in [4.69, 9.17) is 24.2 Å². The molecule has 7 rings (SSSR count). The van der Waals surface area contributed by atoms with Crippen molar-refractivity contribution in [1.29, 1.82) is 0 Å². The quantitative estimate of drug-likeness (QED) is 0.115. The van der Waals surface area contributed by atoms with Crippen LogP contribution in [0.5, 0.6) is 11.5 Å². The molecule has 5 atom stereocenters. The number of carboxylic acid groups (broad SMARTS) is 1. The zero-order chi connectivity index (χ0) is 43.6. The van der Waals surface area contributed by atoms with Crippen molar-refractivity contribution in [1.82, 2.24) is 25.5 Å². The molecule has 4 amide bonds. The summed E-state index contributed by atoms with van der Waals surface area (Å²) in [7, 11) is 1.60. The average molecular weight is 859 g/mol. The smallest absolute Gasteiger partial charge is 0.408 e. The maximum absolute atomic E-state index is 14.7. The lowest BCUT2D eigenvalue weighted by Gasteiger charge is -2.35. The zero-order valence-electron chi connectivity index (χ0n) is 35.7. The first-order valence-electron chi connectivity index (χ1n) is 21.5. The van der Waals surface area contributed by atoms with Gasteiger partial charge >= 0.3 is 12.1 Å². The molecule has 0 bridgehead atoms. The van der Waals surface area contributed by atoms with E-state index in [0.29, 0.717) is 57.7 Å². The number of aromatic nitrogens is 2. The second-order valence-electron chi connectivity index (χ2n) is 18.0. The van der Waals surface area contributed by atoms with Gasteiger partial charge in [0.05, 0.1) is 24.9 Å². The highest BCUT2D eigenvalue weighted by Crippen LogP contribution is 2.45. The fraction of sp³-hybridized carbons (Fsp3) is 0.578. The van der Waals surface area contributed by atoms with Crippen molar-refractivity contribution in [3.63, 3.8) is 0 Å². The molecule has 0 radical (unpaired) electrons. The van der Waals surface area contributed by atoms with E-state index in [-0.39, 0.29) is 31.4 Å². The number of fused-ring (bicyclic) bond motifs is 1. The molecule has 4 fully saturated rings. The minimum atomic E-state index is -1.53. The first kappa shape index (κ1) is 43.8. The van der Waals surface area contributed by atoms with Gasteiger partial charge in [0, 0.05) is 41.2 Å². The Bertz CT molecular complexity index is 2170. The Morgan fingerprint density at radius 1 is 1.03 bits per heavy atom. The first-order chi connectivity index (χ1) is 29.1. The Kier molecular flexibility index (Phi) is 12.9. The molecule has 3 aromatic rings. The van der Waals surface area contributed by atoms with Gasteiger partial charge in [0.1, 0.15) is 47.0 Å². The molecule has 0 spiro atoms. The van der Waals surface area contributed by atoms with E-state index in [1.165, 1.54) is 22.3 Å². The number of carbonyl (C=O) groups is 5. The molecule has 328 valence electrons. The largest absolute Gasteiger partial charge is 0.496 e. The number of alkyl carbamates (subject to hydrolysis) is 1. The van der Waals surface area contributed by atoms with E-state index < -0.39 is 58.9 Å². The van der Waals surface area contributed by atoms with Crippen LogP contribution < -0.4 is 25.4 Å². The van der Waals surface area contributed by atoms with Crippen LogP contribution >= 0.6 is 11.3 Å². The fourth-order valence-corrected chi connectivity index (χ4v) is 9.87. The maximum atomic E-state index is 14.7. The number of likely N-dealkylation sites (tertiary alicyclic amines) is 1. The van der Waals surface area contributed by atoms with Crippen LogP contribution in [0.1, 0.15) is 104 Å². The van der Waals surface area contributed by atoms with E-state index in [0.717, 1.165) is 56.9 Å². The summed E-state index contributed by atoms with van der Waals surface area (Å²) in [5.74, 6) is -1.42. The summed E-state index contributed by atoms with van der Waals surface area (Å²) < 4.78 is 18.2. The molecule has 1 saturated heterocycles. The van der Waals surface area contributed by atoms with Crippen LogP contribution in [0.15, 0.2) is 36.2 Å². The highest BCUT2D eigenvalue weighted by atomic mass is 32.1. The van der Waals surface area contributed by atoms with Gasteiger partial charge in [0.25, 0.3) is 0 Å². The van der Waals surface area contributed by atoms with Crippen LogP contribution in [0.4, 0.5) is 9.93 Å². The molecular weight excluding hydrogens is 801 g/mol. The zero-order valence-corrected chi connectivity index (χ0v) is 36.5. The molecule has 3 saturated carbocycles. The average Bonchev–Trinajstić information content (AvgIpc) is 3.85. The lowest BCUT2D eigenvalue weighted by atomic mass is 9.85. The molecule has 4 N–H and O–H groups in total. The number of ether oxygens (including phenoxy) is 3. The Morgan fingerprint density at radius 2 is 1.75 bits per heavy atom. The van der Waals surface area contributed by atoms with Crippen molar-refractivity contribution >= 4 is 57.2 Å². The molecule has 1 aromatic carbocycles. The van der Waals surface area contributed by atoms with Gasteiger partial charge in [-0.3, -0.25) is 14.4 Å². The second kappa shape index (κ2) is 18.0. The predicted molar refractivity (Wildman–Crippen MR) is 230 cm³/mol. The monoisotopic (exact) mass is 858 g/mol. The number of carbonyl (C=O) groups excluding carboxylic acids is 4. The summed E-state index contributed by atoms with van der Waals surface area (Å²) in [4.78, 5) is 78.7. The molecule has 0 unspecified atom stereocenters. The fourth-order valence-electron chi connectivity index (χ4n) is 9.15. The molecular formula is C45H58N6O9S. The van der Waals surface area contributed by atoms with Crippen LogP contribution in [0.2, 0.25) is 0 Å². The number of benzene rings is 1. The predicted octanol–water partition coefficient (Wildman–Crippen LogP) is 7.03. The van der Waals surface area contributed by atoms with Crippen LogP contribution in [-0.2, 0) is 30.3 Å². The number of nitrogens with one attached hydrogen (secondary N) is 3. The molecule has 3 aliphatic carbocycles. The topological polar surface area (TPSA) is 198 Å². The number of pyridine rings is 1. The van der Waals surface area contributed by atoms with E-state index in [1.807, 2.05) is 45.2 Å². The van der Waals surface area contributed by atoms with Gasteiger partial charge in [-0.05, 0) is 74.8 Å². The van der Waals surface area contributed by atoms with E-state index in [9.17, 15) is 29.1 Å². The summed E-state index contributed by atoms with van der Waals surface area (Å²) in [5.41, 5.74) is 0.154. The third-order valence-electron chi connectivity index (χ3n) is 12.7. The van der Waals surface area contributed by atoms with E-state index in [2.05, 4.69) is 22.5 Å². The molecule has 1 aliphatic heterocycles. The van der Waals surface area contributed by atoms with Crippen molar-refractivity contribution in [2.45, 2.75) is 135 Å². The number of rotatable bonds is 15. The highest BCUT2D eigenvalue weighted by Gasteiger charge is 2.61. The maximum Gasteiger partial charge on any atom is 0.408 e. The van der Waals surface area contributed by atoms with Gasteiger partial charge < -0.3 is 40.2 Å². The van der Waals surface area contributed by atoms with Crippen molar-refractivity contribution in [3.8, 4) is 22.9 Å². The number of nitrogens with zero attached hydrogens (tertiary/aromatic N) is 3. The van der Waals surface area contributed by atoms with Crippen molar-refractivity contribution in [2.24, 2.45) is 17.3 Å². The third kappa shape index (κ3) is 9.48. The number of carboxylic acids is 1. The second-order valence-corrected chi connectivity index (χ2v) is 18.8. The normalized spacial score (nSPS) is 23.4. The number of hydrogen-bond donors (Lipinski definition) is 4. The molecule has 15 nitrogen and oxygen atoms in total. The Balaban J connectivity index is 1.20. The molecule has 3 heterocycles. The lowest BCUT2D eigenvalue weighted by Crippen LogP contribution is -2.59. The Labute approximate surface area is 360 Å². The number of anilines is 1. The summed E-state index contributed by atoms with van der Waals surface area (Å²) in [6.07, 6.45) is 8.93. The molecule has 61 heavy (non-hydrogen) atoms. The number of aryl methyl sites for hydroxylation is 1. The van der Waals surface area contributed by atoms with Gasteiger partial charge in [0.2, 0.25) is 17.7 Å². The minimum absolute atomic E-state index is 0.0270. The summed E-state index contributed by atoms with van der Waals surface area (Å²) in [6, 6.07) is 3.25. The van der Waals surface area contributed by atoms with Crippen molar-refractivity contribution < 1.29 is 43.3 Å². The van der Waals surface area contributed by atoms with E-state index >= 15 is 0 Å². The summed E-state index contributed by atoms with van der Waals surface area (Å²) in [6.45, 7) is 11.2. The molecule has 4 aliphatic rings. The third-order valence-corrected chi connectivity index (χ3v) is 13.4. The van der Waals surface area contributed by atoms with Gasteiger partial charge in [-0.15, -0.1) is 17.9 Å². The summed E-state index contributed by atoms with van der Waals surface area (Å²) >= 11 is 1.31. The Hall–Kier alpha value is -5.25. The van der Waals surface area contributed by atoms with Crippen molar-refractivity contribution in [2.75, 3.05) is 19.0 Å². The number of amides is 4. The van der Waals surface area contributed by atoms with Gasteiger partial charge in [-0.25, -0.2) is 19.6 Å². The number of hydrogen-bond acceptors (Lipinski definition) is 11. The number of aliphatic carboxylic acids is 1. The number of thiazole rings is 1. The van der Waals surface area contributed by atoms with Crippen LogP contribution in [0.3, 0.4) is 0 Å². The van der Waals surface area contributed by atoms with Crippen LogP contribution in [-0.4, -0.2) is 93.2 Å². The van der Waals surface area contributed by atoms with Gasteiger partial charge in [-0.2, -0.15) is 0 Å². The molecule has 16 heteroatoms. The Morgan fingerprint density at radius 3 is 2.39 bits per heavy atom. The van der Waals surface area contributed by atoms with E-state index in [1.54, 1.807) is 13.2 Å².